The van der Waals surface area contributed by atoms with E-state index in [2.05, 4.69) is 15.5 Å². The lowest BCUT2D eigenvalue weighted by Crippen LogP contribution is -2.32. The zero-order valence-corrected chi connectivity index (χ0v) is 16.0. The molecule has 0 saturated heterocycles. The Morgan fingerprint density at radius 3 is 2.62 bits per heavy atom. The van der Waals surface area contributed by atoms with Gasteiger partial charge in [-0.05, 0) is 25.5 Å². The lowest BCUT2D eigenvalue weighted by molar-refractivity contribution is -0.122. The van der Waals surface area contributed by atoms with Crippen LogP contribution in [0.15, 0.2) is 48.5 Å². The van der Waals surface area contributed by atoms with Crippen molar-refractivity contribution in [1.82, 2.24) is 10.2 Å². The first-order valence-corrected chi connectivity index (χ1v) is 9.39. The van der Waals surface area contributed by atoms with Gasteiger partial charge in [0, 0.05) is 5.56 Å². The second kappa shape index (κ2) is 8.29. The molecule has 0 fully saturated rings. The van der Waals surface area contributed by atoms with Gasteiger partial charge in [-0.15, -0.1) is 10.2 Å². The minimum absolute atomic E-state index is 0.279. The molecule has 5 nitrogen and oxygen atoms in total. The average Bonchev–Trinajstić information content (AvgIpc) is 3.10. The number of nitrogens with zero attached hydrogens (tertiary/aromatic N) is 2. The molecule has 0 aliphatic heterocycles. The van der Waals surface area contributed by atoms with Crippen LogP contribution in [0, 0.1) is 6.92 Å². The number of hydrogen-bond donors (Lipinski definition) is 1. The molecule has 0 saturated carbocycles. The molecule has 134 valence electrons. The largest absolute Gasteiger partial charge is 0.479 e. The minimum atomic E-state index is -0.665. The molecule has 1 aromatic heterocycles. The maximum Gasteiger partial charge on any atom is 0.267 e. The number of carbonyl (C=O) groups is 1. The summed E-state index contributed by atoms with van der Waals surface area (Å²) in [5.74, 6) is 0.202. The van der Waals surface area contributed by atoms with Crippen LogP contribution in [0.25, 0.3) is 10.6 Å². The first kappa shape index (κ1) is 18.4. The van der Waals surface area contributed by atoms with Crippen LogP contribution >= 0.6 is 22.9 Å². The van der Waals surface area contributed by atoms with Crippen molar-refractivity contribution in [1.29, 1.82) is 0 Å². The molecule has 3 rings (SSSR count). The molecule has 1 atom stereocenters. The Kier molecular flexibility index (Phi) is 5.85. The first-order chi connectivity index (χ1) is 12.6. The van der Waals surface area contributed by atoms with E-state index >= 15 is 0 Å². The summed E-state index contributed by atoms with van der Waals surface area (Å²) < 4.78 is 5.75. The number of ether oxygens (including phenoxy) is 1. The number of benzene rings is 2. The highest BCUT2D eigenvalue weighted by Gasteiger charge is 2.21. The molecular formula is C19H18ClN3O2S. The van der Waals surface area contributed by atoms with Gasteiger partial charge in [-0.1, -0.05) is 71.8 Å². The van der Waals surface area contributed by atoms with Crippen molar-refractivity contribution >= 4 is 34.0 Å². The van der Waals surface area contributed by atoms with Crippen LogP contribution < -0.4 is 10.1 Å². The fourth-order valence-electron chi connectivity index (χ4n) is 2.29. The molecule has 0 bridgehead atoms. The van der Waals surface area contributed by atoms with Crippen molar-refractivity contribution < 1.29 is 9.53 Å². The van der Waals surface area contributed by atoms with Gasteiger partial charge in [0.25, 0.3) is 5.91 Å². The molecule has 7 heteroatoms. The number of halogens is 1. The van der Waals surface area contributed by atoms with Gasteiger partial charge in [-0.3, -0.25) is 10.1 Å². The molecule has 26 heavy (non-hydrogen) atoms. The van der Waals surface area contributed by atoms with Gasteiger partial charge in [-0.2, -0.15) is 0 Å². The highest BCUT2D eigenvalue weighted by molar-refractivity contribution is 7.18. The van der Waals surface area contributed by atoms with E-state index < -0.39 is 6.10 Å². The Bertz CT molecular complexity index is 896. The third-order valence-electron chi connectivity index (χ3n) is 3.72. The average molecular weight is 388 g/mol. The van der Waals surface area contributed by atoms with Gasteiger partial charge < -0.3 is 4.74 Å². The Morgan fingerprint density at radius 1 is 1.19 bits per heavy atom. The molecule has 3 aromatic rings. The van der Waals surface area contributed by atoms with E-state index in [1.165, 1.54) is 16.9 Å². The van der Waals surface area contributed by atoms with Gasteiger partial charge in [0.1, 0.15) is 10.8 Å². The van der Waals surface area contributed by atoms with Crippen LogP contribution in [-0.2, 0) is 4.79 Å². The van der Waals surface area contributed by atoms with Crippen molar-refractivity contribution in [3.63, 3.8) is 0 Å². The van der Waals surface area contributed by atoms with Gasteiger partial charge in [0.05, 0.1) is 5.02 Å². The molecular weight excluding hydrogens is 370 g/mol. The highest BCUT2D eigenvalue weighted by atomic mass is 35.5. The van der Waals surface area contributed by atoms with E-state index in [1.54, 1.807) is 12.1 Å². The number of aromatic nitrogens is 2. The first-order valence-electron chi connectivity index (χ1n) is 8.19. The van der Waals surface area contributed by atoms with Crippen LogP contribution in [0.3, 0.4) is 0 Å². The van der Waals surface area contributed by atoms with E-state index in [-0.39, 0.29) is 5.91 Å². The molecule has 1 heterocycles. The Balaban J connectivity index is 1.68. The summed E-state index contributed by atoms with van der Waals surface area (Å²) in [6.07, 6.45) is -0.164. The van der Waals surface area contributed by atoms with Crippen molar-refractivity contribution in [3.05, 3.63) is 59.1 Å². The van der Waals surface area contributed by atoms with Crippen LogP contribution in [0.5, 0.6) is 5.75 Å². The number of anilines is 1. The van der Waals surface area contributed by atoms with E-state index in [9.17, 15) is 4.79 Å². The number of para-hydroxylation sites is 1. The predicted molar refractivity (Wildman–Crippen MR) is 105 cm³/mol. The zero-order valence-electron chi connectivity index (χ0n) is 14.4. The fourth-order valence-corrected chi connectivity index (χ4v) is 3.22. The van der Waals surface area contributed by atoms with Crippen LogP contribution in [0.2, 0.25) is 5.02 Å². The number of aryl methyl sites for hydroxylation is 1. The third kappa shape index (κ3) is 4.39. The summed E-state index contributed by atoms with van der Waals surface area (Å²) in [5.41, 5.74) is 2.14. The quantitative estimate of drug-likeness (QED) is 0.649. The standard InChI is InChI=1S/C19H18ClN3O2S/c1-3-15(25-16-7-5-4-6-14(16)20)17(24)21-19-23-22-18(26-19)13-10-8-12(2)9-11-13/h4-11,15H,3H2,1-2H3,(H,21,23,24)/t15-/m0/s1. The smallest absolute Gasteiger partial charge is 0.267 e. The molecule has 0 radical (unpaired) electrons. The van der Waals surface area contributed by atoms with Gasteiger partial charge >= 0.3 is 0 Å². The molecule has 0 aliphatic rings. The van der Waals surface area contributed by atoms with Gasteiger partial charge in [-0.25, -0.2) is 0 Å². The number of carbonyl (C=O) groups excluding carboxylic acids is 1. The van der Waals surface area contributed by atoms with Crippen molar-refractivity contribution in [3.8, 4) is 16.3 Å². The maximum absolute atomic E-state index is 12.5. The minimum Gasteiger partial charge on any atom is -0.479 e. The second-order valence-corrected chi connectivity index (χ2v) is 7.10. The topological polar surface area (TPSA) is 64.1 Å². The van der Waals surface area contributed by atoms with Crippen LogP contribution in [-0.4, -0.2) is 22.2 Å². The van der Waals surface area contributed by atoms with Gasteiger partial charge in [0.15, 0.2) is 6.10 Å². The molecule has 1 N–H and O–H groups in total. The SMILES string of the molecule is CC[C@H](Oc1ccccc1Cl)C(=O)Nc1nnc(-c2ccc(C)cc2)s1. The summed E-state index contributed by atoms with van der Waals surface area (Å²) in [4.78, 5) is 12.5. The van der Waals surface area contributed by atoms with Crippen molar-refractivity contribution in [2.24, 2.45) is 0 Å². The monoisotopic (exact) mass is 387 g/mol. The van der Waals surface area contributed by atoms with E-state index in [4.69, 9.17) is 16.3 Å². The van der Waals surface area contributed by atoms with E-state index in [0.717, 1.165) is 10.6 Å². The Morgan fingerprint density at radius 2 is 1.92 bits per heavy atom. The van der Waals surface area contributed by atoms with Crippen molar-refractivity contribution in [2.75, 3.05) is 5.32 Å². The third-order valence-corrected chi connectivity index (χ3v) is 4.92. The van der Waals surface area contributed by atoms with E-state index in [1.807, 2.05) is 50.2 Å². The zero-order chi connectivity index (χ0) is 18.5. The normalized spacial score (nSPS) is 11.8. The van der Waals surface area contributed by atoms with Crippen molar-refractivity contribution in [2.45, 2.75) is 26.4 Å². The molecule has 0 unspecified atom stereocenters. The van der Waals surface area contributed by atoms with Crippen LogP contribution in [0.1, 0.15) is 18.9 Å². The highest BCUT2D eigenvalue weighted by Crippen LogP contribution is 2.28. The number of rotatable bonds is 6. The number of nitrogens with one attached hydrogen (secondary N) is 1. The predicted octanol–water partition coefficient (Wildman–Crippen LogP) is 4.96. The van der Waals surface area contributed by atoms with Crippen LogP contribution in [0.4, 0.5) is 5.13 Å². The molecule has 2 aromatic carbocycles. The Hall–Kier alpha value is -2.44. The maximum atomic E-state index is 12.5. The summed E-state index contributed by atoms with van der Waals surface area (Å²) in [5, 5.41) is 12.6. The molecule has 1 amide bonds. The lowest BCUT2D eigenvalue weighted by atomic mass is 10.2. The van der Waals surface area contributed by atoms with Gasteiger partial charge in [0.2, 0.25) is 5.13 Å². The second-order valence-electron chi connectivity index (χ2n) is 5.71. The summed E-state index contributed by atoms with van der Waals surface area (Å²) in [7, 11) is 0. The summed E-state index contributed by atoms with van der Waals surface area (Å²) in [6, 6.07) is 15.1. The number of hydrogen-bond acceptors (Lipinski definition) is 5. The summed E-state index contributed by atoms with van der Waals surface area (Å²) >= 11 is 7.42. The lowest BCUT2D eigenvalue weighted by Gasteiger charge is -2.17. The summed E-state index contributed by atoms with van der Waals surface area (Å²) in [6.45, 7) is 3.90. The van der Waals surface area contributed by atoms with E-state index in [0.29, 0.717) is 22.3 Å². The fraction of sp³-hybridized carbons (Fsp3) is 0.211. The number of amides is 1. The Labute approximate surface area is 161 Å². The molecule has 0 aliphatic carbocycles. The molecule has 0 spiro atoms.